The maximum absolute atomic E-state index is 11.6. The minimum absolute atomic E-state index is 0.143. The summed E-state index contributed by atoms with van der Waals surface area (Å²) in [4.78, 5) is 23.1. The van der Waals surface area contributed by atoms with Gasteiger partial charge in [-0.15, -0.1) is 11.3 Å². The summed E-state index contributed by atoms with van der Waals surface area (Å²) < 4.78 is 7.09. The van der Waals surface area contributed by atoms with Gasteiger partial charge in [-0.05, 0) is 66.5 Å². The van der Waals surface area contributed by atoms with E-state index in [9.17, 15) is 19.8 Å². The first kappa shape index (κ1) is 25.0. The molecule has 33 heavy (non-hydrogen) atoms. The number of nitrogens with one attached hydrogen (secondary N) is 1. The quantitative estimate of drug-likeness (QED) is 0.306. The number of carboxylic acids is 2. The van der Waals surface area contributed by atoms with Crippen LogP contribution in [-0.2, 0) is 22.6 Å². The molecular weight excluding hydrogens is 462 g/mol. The van der Waals surface area contributed by atoms with Gasteiger partial charge in [0.05, 0.1) is 0 Å². The van der Waals surface area contributed by atoms with E-state index in [1.165, 1.54) is 0 Å². The summed E-state index contributed by atoms with van der Waals surface area (Å²) in [6.45, 7) is 4.25. The molecule has 0 radical (unpaired) electrons. The van der Waals surface area contributed by atoms with Gasteiger partial charge in [-0.2, -0.15) is 0 Å². The standard InChI is InChI=1S/C25H28ClNO5S/c1-15(2)11-22(25(30)31)27-21(24(28)29)9-5-16-3-7-19(8-4-16)32-13-17-14-33-23-10-6-18(26)12-20(17)23/h3-4,6-8,10,12,14-15,21-22,27H,5,9,11,13H2,1-2H3,(H,28,29)(H,30,31)/t21-,22-/m0/s1. The molecule has 2 aromatic carbocycles. The van der Waals surface area contributed by atoms with Crippen molar-refractivity contribution in [1.82, 2.24) is 5.32 Å². The molecule has 0 aliphatic heterocycles. The van der Waals surface area contributed by atoms with E-state index in [0.29, 0.717) is 30.9 Å². The van der Waals surface area contributed by atoms with Gasteiger partial charge < -0.3 is 14.9 Å². The number of aryl methyl sites for hydroxylation is 1. The van der Waals surface area contributed by atoms with E-state index in [-0.39, 0.29) is 5.92 Å². The monoisotopic (exact) mass is 489 g/mol. The molecule has 3 aromatic rings. The van der Waals surface area contributed by atoms with Crippen molar-refractivity contribution < 1.29 is 24.5 Å². The van der Waals surface area contributed by atoms with E-state index < -0.39 is 24.0 Å². The first-order chi connectivity index (χ1) is 15.7. The molecule has 6 nitrogen and oxygen atoms in total. The average molecular weight is 490 g/mol. The third-order valence-electron chi connectivity index (χ3n) is 5.36. The Morgan fingerprint density at radius 3 is 2.39 bits per heavy atom. The summed E-state index contributed by atoms with van der Waals surface area (Å²) in [6, 6.07) is 11.5. The second-order valence-corrected chi connectivity index (χ2v) is 9.80. The molecule has 1 aromatic heterocycles. The Morgan fingerprint density at radius 2 is 1.76 bits per heavy atom. The summed E-state index contributed by atoms with van der Waals surface area (Å²) in [5.74, 6) is -1.22. The van der Waals surface area contributed by atoms with Crippen molar-refractivity contribution in [3.63, 3.8) is 0 Å². The van der Waals surface area contributed by atoms with Gasteiger partial charge in [-0.1, -0.05) is 37.6 Å². The maximum atomic E-state index is 11.6. The lowest BCUT2D eigenvalue weighted by Gasteiger charge is -2.21. The average Bonchev–Trinajstić information content (AvgIpc) is 3.16. The van der Waals surface area contributed by atoms with Gasteiger partial charge in [-0.3, -0.25) is 14.9 Å². The molecule has 8 heteroatoms. The number of halogens is 1. The summed E-state index contributed by atoms with van der Waals surface area (Å²) in [6.07, 6.45) is 1.17. The van der Waals surface area contributed by atoms with E-state index in [0.717, 1.165) is 27.0 Å². The number of hydrogen-bond donors (Lipinski definition) is 3. The number of aliphatic carboxylic acids is 2. The van der Waals surface area contributed by atoms with Crippen molar-refractivity contribution in [1.29, 1.82) is 0 Å². The molecule has 0 aliphatic carbocycles. The highest BCUT2D eigenvalue weighted by Gasteiger charge is 2.26. The summed E-state index contributed by atoms with van der Waals surface area (Å²) in [5, 5.41) is 25.6. The van der Waals surface area contributed by atoms with E-state index in [4.69, 9.17) is 16.3 Å². The highest BCUT2D eigenvalue weighted by molar-refractivity contribution is 7.17. The molecule has 0 saturated heterocycles. The Kier molecular flexibility index (Phi) is 8.72. The van der Waals surface area contributed by atoms with E-state index in [1.54, 1.807) is 11.3 Å². The van der Waals surface area contributed by atoms with Crippen LogP contribution in [0.15, 0.2) is 47.8 Å². The van der Waals surface area contributed by atoms with Crippen LogP contribution in [0.2, 0.25) is 5.02 Å². The largest absolute Gasteiger partial charge is 0.489 e. The number of fused-ring (bicyclic) bond motifs is 1. The molecular formula is C25H28ClNO5S. The van der Waals surface area contributed by atoms with Gasteiger partial charge in [0.15, 0.2) is 0 Å². The lowest BCUT2D eigenvalue weighted by molar-refractivity contribution is -0.143. The van der Waals surface area contributed by atoms with Crippen LogP contribution in [0.4, 0.5) is 0 Å². The fourth-order valence-electron chi connectivity index (χ4n) is 3.62. The predicted molar refractivity (Wildman–Crippen MR) is 131 cm³/mol. The van der Waals surface area contributed by atoms with Crippen LogP contribution in [0.1, 0.15) is 37.8 Å². The topological polar surface area (TPSA) is 95.9 Å². The molecule has 0 amide bonds. The fourth-order valence-corrected chi connectivity index (χ4v) is 4.72. The highest BCUT2D eigenvalue weighted by atomic mass is 35.5. The summed E-state index contributed by atoms with van der Waals surface area (Å²) in [7, 11) is 0. The number of carboxylic acid groups (broad SMARTS) is 2. The third kappa shape index (κ3) is 7.19. The van der Waals surface area contributed by atoms with Crippen molar-refractivity contribution in [2.24, 2.45) is 5.92 Å². The fraction of sp³-hybridized carbons (Fsp3) is 0.360. The lowest BCUT2D eigenvalue weighted by atomic mass is 10.0. The Morgan fingerprint density at radius 1 is 1.06 bits per heavy atom. The Balaban J connectivity index is 1.56. The molecule has 176 valence electrons. The maximum Gasteiger partial charge on any atom is 0.320 e. The number of ether oxygens (including phenoxy) is 1. The zero-order valence-electron chi connectivity index (χ0n) is 18.6. The van der Waals surface area contributed by atoms with Gasteiger partial charge in [0.25, 0.3) is 0 Å². The van der Waals surface area contributed by atoms with Crippen LogP contribution >= 0.6 is 22.9 Å². The zero-order chi connectivity index (χ0) is 24.0. The molecule has 0 unspecified atom stereocenters. The number of carbonyl (C=O) groups is 2. The normalized spacial score (nSPS) is 13.2. The van der Waals surface area contributed by atoms with Crippen molar-refractivity contribution in [2.45, 2.75) is 51.8 Å². The van der Waals surface area contributed by atoms with Crippen LogP contribution < -0.4 is 10.1 Å². The van der Waals surface area contributed by atoms with Gasteiger partial charge in [0.2, 0.25) is 0 Å². The van der Waals surface area contributed by atoms with Crippen LogP contribution in [0.5, 0.6) is 5.75 Å². The van der Waals surface area contributed by atoms with Crippen molar-refractivity contribution in [3.05, 3.63) is 64.0 Å². The molecule has 2 atom stereocenters. The lowest BCUT2D eigenvalue weighted by Crippen LogP contribution is -2.47. The molecule has 0 saturated carbocycles. The second kappa shape index (κ2) is 11.5. The van der Waals surface area contributed by atoms with Crippen LogP contribution in [0, 0.1) is 5.92 Å². The number of rotatable bonds is 12. The van der Waals surface area contributed by atoms with Crippen LogP contribution in [0.3, 0.4) is 0 Å². The van der Waals surface area contributed by atoms with Crippen molar-refractivity contribution in [3.8, 4) is 5.75 Å². The van der Waals surface area contributed by atoms with E-state index in [2.05, 4.69) is 10.7 Å². The smallest absolute Gasteiger partial charge is 0.320 e. The van der Waals surface area contributed by atoms with Crippen molar-refractivity contribution in [2.75, 3.05) is 0 Å². The van der Waals surface area contributed by atoms with Gasteiger partial charge in [0.1, 0.15) is 24.4 Å². The Labute approximate surface area is 202 Å². The van der Waals surface area contributed by atoms with Crippen LogP contribution in [0.25, 0.3) is 10.1 Å². The molecule has 0 spiro atoms. The molecule has 0 aliphatic rings. The molecule has 0 fully saturated rings. The minimum atomic E-state index is -1.05. The van der Waals surface area contributed by atoms with Crippen LogP contribution in [-0.4, -0.2) is 34.2 Å². The van der Waals surface area contributed by atoms with E-state index in [1.807, 2.05) is 56.3 Å². The van der Waals surface area contributed by atoms with Crippen molar-refractivity contribution >= 4 is 45.0 Å². The first-order valence-electron chi connectivity index (χ1n) is 10.8. The first-order valence-corrected chi connectivity index (χ1v) is 12.1. The molecule has 3 N–H and O–H groups in total. The minimum Gasteiger partial charge on any atom is -0.489 e. The van der Waals surface area contributed by atoms with E-state index >= 15 is 0 Å². The summed E-state index contributed by atoms with van der Waals surface area (Å²) >= 11 is 7.76. The molecule has 1 heterocycles. The number of hydrogen-bond acceptors (Lipinski definition) is 5. The predicted octanol–water partition coefficient (Wildman–Crippen LogP) is 5.61. The third-order valence-corrected chi connectivity index (χ3v) is 6.61. The molecule has 0 bridgehead atoms. The zero-order valence-corrected chi connectivity index (χ0v) is 20.2. The number of benzene rings is 2. The SMILES string of the molecule is CC(C)C[C@H](N[C@@H](CCc1ccc(OCc2csc3ccc(Cl)cc23)cc1)C(=O)O)C(=O)O. The molecule has 3 rings (SSSR count). The summed E-state index contributed by atoms with van der Waals surface area (Å²) in [5.41, 5.74) is 2.03. The van der Waals surface area contributed by atoms with Gasteiger partial charge in [-0.25, -0.2) is 0 Å². The second-order valence-electron chi connectivity index (χ2n) is 8.45. The Hall–Kier alpha value is -2.61. The van der Waals surface area contributed by atoms with Gasteiger partial charge in [0, 0.05) is 20.7 Å². The Bertz CT molecular complexity index is 1100. The number of thiophene rings is 1. The van der Waals surface area contributed by atoms with Gasteiger partial charge >= 0.3 is 11.9 Å². The highest BCUT2D eigenvalue weighted by Crippen LogP contribution is 2.29.